The molecule has 1 amide bonds. The number of hydrogen-bond donors (Lipinski definition) is 1. The lowest BCUT2D eigenvalue weighted by atomic mass is 10.0. The zero-order valence-corrected chi connectivity index (χ0v) is 16.3. The van der Waals surface area contributed by atoms with Gasteiger partial charge in [0, 0.05) is 40.2 Å². The van der Waals surface area contributed by atoms with Gasteiger partial charge in [-0.3, -0.25) is 9.00 Å². The van der Waals surface area contributed by atoms with Crippen LogP contribution in [0.3, 0.4) is 0 Å². The molecule has 5 nitrogen and oxygen atoms in total. The lowest BCUT2D eigenvalue weighted by Crippen LogP contribution is -2.14. The van der Waals surface area contributed by atoms with Crippen LogP contribution in [0.2, 0.25) is 4.34 Å². The molecule has 1 N–H and O–H groups in total. The third kappa shape index (κ3) is 5.36. The van der Waals surface area contributed by atoms with Crippen LogP contribution in [0.1, 0.15) is 35.2 Å². The van der Waals surface area contributed by atoms with Gasteiger partial charge in [0.05, 0.1) is 5.75 Å². The monoisotopic (exact) mass is 385 g/mol. The summed E-state index contributed by atoms with van der Waals surface area (Å²) >= 11 is 6.98. The van der Waals surface area contributed by atoms with Crippen LogP contribution in [0, 0.1) is 20.8 Å². The summed E-state index contributed by atoms with van der Waals surface area (Å²) in [7, 11) is -1.09. The lowest BCUT2D eigenvalue weighted by molar-refractivity contribution is -0.116. The van der Waals surface area contributed by atoms with E-state index in [-0.39, 0.29) is 11.7 Å². The first-order valence-electron chi connectivity index (χ1n) is 7.56. The molecular weight excluding hydrogens is 366 g/mol. The molecule has 0 spiro atoms. The number of rotatable bonds is 7. The first kappa shape index (κ1) is 19.0. The Morgan fingerprint density at radius 1 is 1.29 bits per heavy atom. The van der Waals surface area contributed by atoms with E-state index in [2.05, 4.69) is 14.9 Å². The molecule has 0 aliphatic rings. The molecule has 2 rings (SSSR count). The highest BCUT2D eigenvalue weighted by molar-refractivity contribution is 7.84. The Bertz CT molecular complexity index is 739. The van der Waals surface area contributed by atoms with Crippen LogP contribution in [0.25, 0.3) is 0 Å². The maximum Gasteiger partial charge on any atom is 0.224 e. The Morgan fingerprint density at radius 3 is 2.54 bits per heavy atom. The van der Waals surface area contributed by atoms with Gasteiger partial charge >= 0.3 is 0 Å². The molecule has 0 saturated carbocycles. The molecule has 130 valence electrons. The van der Waals surface area contributed by atoms with Crippen molar-refractivity contribution >= 4 is 45.5 Å². The number of halogens is 1. The van der Waals surface area contributed by atoms with E-state index < -0.39 is 10.8 Å². The van der Waals surface area contributed by atoms with Crippen LogP contribution < -0.4 is 5.32 Å². The van der Waals surface area contributed by atoms with Crippen LogP contribution in [0.15, 0.2) is 12.1 Å². The van der Waals surface area contributed by atoms with Crippen molar-refractivity contribution in [3.63, 3.8) is 0 Å². The van der Waals surface area contributed by atoms with Gasteiger partial charge in [-0.15, -0.1) is 5.10 Å². The first-order chi connectivity index (χ1) is 11.4. The number of nitrogens with zero attached hydrogens (tertiary/aromatic N) is 2. The minimum Gasteiger partial charge on any atom is -0.326 e. The Hall–Kier alpha value is -1.31. The van der Waals surface area contributed by atoms with E-state index in [1.54, 1.807) is 0 Å². The molecule has 0 aliphatic heterocycles. The van der Waals surface area contributed by atoms with Crippen molar-refractivity contribution in [2.24, 2.45) is 0 Å². The summed E-state index contributed by atoms with van der Waals surface area (Å²) in [6.07, 6.45) is 0.888. The molecule has 8 heteroatoms. The van der Waals surface area contributed by atoms with E-state index in [0.717, 1.165) is 28.3 Å². The quantitative estimate of drug-likeness (QED) is 0.787. The van der Waals surface area contributed by atoms with Crippen molar-refractivity contribution in [3.8, 4) is 0 Å². The molecule has 1 aromatic carbocycles. The first-order valence-corrected chi connectivity index (χ1v) is 10.2. The molecule has 0 aliphatic carbocycles. The number of aryl methyl sites for hydroxylation is 3. The topological polar surface area (TPSA) is 72.0 Å². The van der Waals surface area contributed by atoms with Crippen molar-refractivity contribution < 1.29 is 9.00 Å². The molecule has 2 aromatic rings. The van der Waals surface area contributed by atoms with Gasteiger partial charge in [0.25, 0.3) is 0 Å². The molecular formula is C16H20ClN3O2S2. The third-order valence-electron chi connectivity index (χ3n) is 3.52. The van der Waals surface area contributed by atoms with Crippen LogP contribution in [0.5, 0.6) is 0 Å². The highest BCUT2D eigenvalue weighted by Crippen LogP contribution is 2.22. The van der Waals surface area contributed by atoms with E-state index in [0.29, 0.717) is 28.6 Å². The van der Waals surface area contributed by atoms with E-state index in [9.17, 15) is 9.00 Å². The minimum atomic E-state index is -1.09. The van der Waals surface area contributed by atoms with Gasteiger partial charge in [0.15, 0.2) is 0 Å². The van der Waals surface area contributed by atoms with E-state index in [1.807, 2.05) is 32.9 Å². The normalized spacial score (nSPS) is 12.2. The maximum atomic E-state index is 12.1. The summed E-state index contributed by atoms with van der Waals surface area (Å²) < 4.78 is 16.2. The van der Waals surface area contributed by atoms with Crippen molar-refractivity contribution in [1.29, 1.82) is 0 Å². The Morgan fingerprint density at radius 2 is 1.96 bits per heavy atom. The molecule has 24 heavy (non-hydrogen) atoms. The SMILES string of the molecule is Cc1cc(C)c(NC(=O)CCCS(=O)Cc2nnsc2Cl)c(C)c1. The van der Waals surface area contributed by atoms with Crippen LogP contribution in [0.4, 0.5) is 5.69 Å². The van der Waals surface area contributed by atoms with Gasteiger partial charge in [-0.05, 0) is 38.3 Å². The average Bonchev–Trinajstić information content (AvgIpc) is 2.88. The Balaban J connectivity index is 1.79. The van der Waals surface area contributed by atoms with Crippen LogP contribution in [-0.2, 0) is 21.3 Å². The van der Waals surface area contributed by atoms with Gasteiger partial charge in [0.2, 0.25) is 5.91 Å². The van der Waals surface area contributed by atoms with E-state index in [4.69, 9.17) is 11.6 Å². The van der Waals surface area contributed by atoms with Gasteiger partial charge < -0.3 is 5.32 Å². The van der Waals surface area contributed by atoms with E-state index >= 15 is 0 Å². The molecule has 0 radical (unpaired) electrons. The molecule has 1 atom stereocenters. The molecule has 1 unspecified atom stereocenters. The number of amides is 1. The fourth-order valence-electron chi connectivity index (χ4n) is 2.48. The Labute approximate surface area is 153 Å². The van der Waals surface area contributed by atoms with Gasteiger partial charge in [-0.2, -0.15) is 0 Å². The fourth-order valence-corrected chi connectivity index (χ4v) is 4.40. The van der Waals surface area contributed by atoms with Gasteiger partial charge in [0.1, 0.15) is 10.0 Å². The number of hydrogen-bond acceptors (Lipinski definition) is 5. The van der Waals surface area contributed by atoms with Crippen molar-refractivity contribution in [2.75, 3.05) is 11.1 Å². The number of anilines is 1. The zero-order chi connectivity index (χ0) is 17.7. The number of benzene rings is 1. The molecule has 1 aromatic heterocycles. The standard InChI is InChI=1S/C16H20ClN3O2S2/c1-10-7-11(2)15(12(3)8-10)18-14(21)5-4-6-24(22)9-13-16(17)23-20-19-13/h7-8H,4-6,9H2,1-3H3,(H,18,21). The minimum absolute atomic E-state index is 0.0598. The second-order valence-electron chi connectivity index (χ2n) is 5.71. The molecule has 0 fully saturated rings. The molecule has 0 saturated heterocycles. The largest absolute Gasteiger partial charge is 0.326 e. The predicted molar refractivity (Wildman–Crippen MR) is 100 cm³/mol. The van der Waals surface area contributed by atoms with E-state index in [1.165, 1.54) is 5.56 Å². The average molecular weight is 386 g/mol. The lowest BCUT2D eigenvalue weighted by Gasteiger charge is -2.12. The summed E-state index contributed by atoms with van der Waals surface area (Å²) in [5.41, 5.74) is 4.71. The second-order valence-corrected chi connectivity index (χ2v) is 8.64. The number of nitrogens with one attached hydrogen (secondary N) is 1. The molecule has 1 heterocycles. The Kier molecular flexibility index (Phi) is 6.89. The smallest absolute Gasteiger partial charge is 0.224 e. The summed E-state index contributed by atoms with van der Waals surface area (Å²) in [4.78, 5) is 12.1. The van der Waals surface area contributed by atoms with Gasteiger partial charge in [-0.1, -0.05) is 33.8 Å². The van der Waals surface area contributed by atoms with Crippen molar-refractivity contribution in [1.82, 2.24) is 9.59 Å². The van der Waals surface area contributed by atoms with Crippen LogP contribution >= 0.6 is 23.1 Å². The third-order valence-corrected chi connectivity index (χ3v) is 5.85. The summed E-state index contributed by atoms with van der Waals surface area (Å²) in [5, 5.41) is 6.80. The molecule has 0 bridgehead atoms. The second kappa shape index (κ2) is 8.69. The summed E-state index contributed by atoms with van der Waals surface area (Å²) in [5.74, 6) is 0.663. The highest BCUT2D eigenvalue weighted by atomic mass is 35.5. The highest BCUT2D eigenvalue weighted by Gasteiger charge is 2.12. The fraction of sp³-hybridized carbons (Fsp3) is 0.438. The zero-order valence-electron chi connectivity index (χ0n) is 13.9. The number of carbonyl (C=O) groups excluding carboxylic acids is 1. The van der Waals surface area contributed by atoms with Crippen LogP contribution in [-0.4, -0.2) is 25.5 Å². The van der Waals surface area contributed by atoms with Crippen molar-refractivity contribution in [3.05, 3.63) is 38.9 Å². The summed E-state index contributed by atoms with van der Waals surface area (Å²) in [6.45, 7) is 6.00. The number of carbonyl (C=O) groups is 1. The number of aromatic nitrogens is 2. The maximum absolute atomic E-state index is 12.1. The van der Waals surface area contributed by atoms with Crippen molar-refractivity contribution in [2.45, 2.75) is 39.4 Å². The predicted octanol–water partition coefficient (Wildman–Crippen LogP) is 3.78. The summed E-state index contributed by atoms with van der Waals surface area (Å²) in [6, 6.07) is 4.09. The van der Waals surface area contributed by atoms with Gasteiger partial charge in [-0.25, -0.2) is 0 Å².